The minimum absolute atomic E-state index is 1.12. The normalized spacial score (nSPS) is 11.0. The van der Waals surface area contributed by atoms with Crippen molar-refractivity contribution in [3.8, 4) is 33.4 Å². The van der Waals surface area contributed by atoms with Gasteiger partial charge >= 0.3 is 0 Å². The fraction of sp³-hybridized carbons (Fsp3) is 0.154. The largest absolute Gasteiger partial charge is 0.0654 e. The van der Waals surface area contributed by atoms with E-state index in [1.165, 1.54) is 51.8 Å². The van der Waals surface area contributed by atoms with Crippen LogP contribution in [0.4, 0.5) is 0 Å². The van der Waals surface area contributed by atoms with Gasteiger partial charge < -0.3 is 0 Å². The van der Waals surface area contributed by atoms with Crippen molar-refractivity contribution in [3.05, 3.63) is 96.6 Å². The zero-order chi connectivity index (χ0) is 17.8. The average Bonchev–Trinajstić information content (AvgIpc) is 3.12. The van der Waals surface area contributed by atoms with Gasteiger partial charge in [0.15, 0.2) is 0 Å². The molecule has 0 aromatic heterocycles. The Morgan fingerprint density at radius 3 is 1.50 bits per heavy atom. The van der Waals surface area contributed by atoms with Crippen molar-refractivity contribution in [2.24, 2.45) is 0 Å². The number of rotatable bonds is 5. The van der Waals surface area contributed by atoms with Crippen molar-refractivity contribution in [1.82, 2.24) is 0 Å². The molecule has 0 bridgehead atoms. The monoisotopic (exact) mass is 336 g/mol. The Kier molecular flexibility index (Phi) is 4.84. The van der Waals surface area contributed by atoms with Crippen LogP contribution in [0.25, 0.3) is 33.4 Å². The van der Waals surface area contributed by atoms with Crippen LogP contribution in [0, 0.1) is 0 Å². The standard InChI is InChI=1S/C26H24/c1-2-3-11-20-18-25(21-12-6-4-7-13-21)23-16-10-17-24(23)26(19-20)22-14-8-5-9-15-22/h4-10,12-19H,2-3,11H2,1H3. The van der Waals surface area contributed by atoms with Gasteiger partial charge in [-0.15, -0.1) is 0 Å². The highest BCUT2D eigenvalue weighted by Gasteiger charge is 2.15. The Labute approximate surface area is 156 Å². The second-order valence-corrected chi connectivity index (χ2v) is 6.88. The molecule has 0 radical (unpaired) electrons. The Morgan fingerprint density at radius 2 is 1.04 bits per heavy atom. The summed E-state index contributed by atoms with van der Waals surface area (Å²) in [6.07, 6.45) is 3.55. The third-order valence-corrected chi connectivity index (χ3v) is 5.04. The summed E-state index contributed by atoms with van der Waals surface area (Å²) >= 11 is 0. The second-order valence-electron chi connectivity index (χ2n) is 6.88. The third-order valence-electron chi connectivity index (χ3n) is 5.04. The van der Waals surface area contributed by atoms with Gasteiger partial charge in [0.05, 0.1) is 0 Å². The Morgan fingerprint density at radius 1 is 0.538 bits per heavy atom. The van der Waals surface area contributed by atoms with Gasteiger partial charge in [0, 0.05) is 0 Å². The van der Waals surface area contributed by atoms with Gasteiger partial charge in [-0.1, -0.05) is 104 Å². The first-order valence-electron chi connectivity index (χ1n) is 9.53. The molecule has 0 heteroatoms. The molecule has 0 amide bonds. The van der Waals surface area contributed by atoms with Crippen LogP contribution in [-0.2, 0) is 6.42 Å². The fourth-order valence-electron chi connectivity index (χ4n) is 3.70. The molecule has 0 atom stereocenters. The Bertz CT molecular complexity index is 877. The predicted octanol–water partition coefficient (Wildman–Crippen LogP) is 7.47. The van der Waals surface area contributed by atoms with Crippen LogP contribution in [0.1, 0.15) is 25.3 Å². The van der Waals surface area contributed by atoms with E-state index in [9.17, 15) is 0 Å². The highest BCUT2D eigenvalue weighted by Crippen LogP contribution is 2.40. The van der Waals surface area contributed by atoms with Gasteiger partial charge in [-0.25, -0.2) is 0 Å². The molecule has 0 nitrogen and oxygen atoms in total. The summed E-state index contributed by atoms with van der Waals surface area (Å²) in [5.41, 5.74) is 9.32. The number of hydrogen-bond acceptors (Lipinski definition) is 0. The van der Waals surface area contributed by atoms with Crippen LogP contribution in [-0.4, -0.2) is 0 Å². The second kappa shape index (κ2) is 7.58. The van der Waals surface area contributed by atoms with E-state index < -0.39 is 0 Å². The summed E-state index contributed by atoms with van der Waals surface area (Å²) in [4.78, 5) is 0. The summed E-state index contributed by atoms with van der Waals surface area (Å²) in [6, 6.07) is 33.0. The molecule has 0 unspecified atom stereocenters. The highest BCUT2D eigenvalue weighted by molar-refractivity contribution is 5.93. The molecule has 2 aromatic carbocycles. The Balaban J connectivity index is 1.97. The van der Waals surface area contributed by atoms with E-state index in [4.69, 9.17) is 0 Å². The summed E-state index contributed by atoms with van der Waals surface area (Å²) in [5.74, 6) is 0. The molecular formula is C26H24. The van der Waals surface area contributed by atoms with Gasteiger partial charge in [0.25, 0.3) is 0 Å². The quantitative estimate of drug-likeness (QED) is 0.354. The maximum absolute atomic E-state index is 2.40. The minimum Gasteiger partial charge on any atom is -0.0654 e. The molecule has 4 rings (SSSR count). The summed E-state index contributed by atoms with van der Waals surface area (Å²) in [6.45, 7) is 2.26. The SMILES string of the molecule is CCCCc1cc(-c2ccccc2)c2cccc-2c(-c2ccccc2)c1. The van der Waals surface area contributed by atoms with Crippen LogP contribution in [0.15, 0.2) is 91.0 Å². The van der Waals surface area contributed by atoms with E-state index in [1.54, 1.807) is 0 Å². The van der Waals surface area contributed by atoms with Crippen molar-refractivity contribution in [3.63, 3.8) is 0 Å². The molecule has 2 aliphatic carbocycles. The van der Waals surface area contributed by atoms with E-state index in [1.807, 2.05) is 0 Å². The van der Waals surface area contributed by atoms with E-state index >= 15 is 0 Å². The third kappa shape index (κ3) is 3.28. The molecule has 0 saturated heterocycles. The van der Waals surface area contributed by atoms with Gasteiger partial charge in [0.1, 0.15) is 0 Å². The molecule has 128 valence electrons. The molecule has 2 aromatic rings. The lowest BCUT2D eigenvalue weighted by molar-refractivity contribution is 0.796. The first kappa shape index (κ1) is 16.6. The lowest BCUT2D eigenvalue weighted by Crippen LogP contribution is -1.84. The van der Waals surface area contributed by atoms with Crippen LogP contribution in [0.2, 0.25) is 0 Å². The number of hydrogen-bond donors (Lipinski definition) is 0. The maximum atomic E-state index is 2.40. The van der Waals surface area contributed by atoms with Gasteiger partial charge in [-0.2, -0.15) is 0 Å². The topological polar surface area (TPSA) is 0 Å². The zero-order valence-electron chi connectivity index (χ0n) is 15.3. The van der Waals surface area contributed by atoms with E-state index in [0.29, 0.717) is 0 Å². The van der Waals surface area contributed by atoms with Crippen LogP contribution >= 0.6 is 0 Å². The first-order valence-corrected chi connectivity index (χ1v) is 9.53. The van der Waals surface area contributed by atoms with Gasteiger partial charge in [0.2, 0.25) is 0 Å². The summed E-state index contributed by atoms with van der Waals surface area (Å²) in [7, 11) is 0. The molecule has 0 spiro atoms. The summed E-state index contributed by atoms with van der Waals surface area (Å²) in [5, 5.41) is 0. The number of unbranched alkanes of at least 4 members (excludes halogenated alkanes) is 1. The molecule has 26 heavy (non-hydrogen) atoms. The molecule has 0 N–H and O–H groups in total. The van der Waals surface area contributed by atoms with E-state index in [2.05, 4.69) is 97.9 Å². The van der Waals surface area contributed by atoms with Crippen LogP contribution < -0.4 is 0 Å². The molecule has 0 saturated carbocycles. The van der Waals surface area contributed by atoms with Crippen molar-refractivity contribution in [2.75, 3.05) is 0 Å². The smallest absolute Gasteiger partial charge is 0.00991 e. The lowest BCUT2D eigenvalue weighted by Gasteiger charge is -2.08. The lowest BCUT2D eigenvalue weighted by atomic mass is 9.96. The number of aryl methyl sites for hydroxylation is 1. The first-order chi connectivity index (χ1) is 12.9. The maximum Gasteiger partial charge on any atom is -0.00991 e. The number of benzene rings is 2. The van der Waals surface area contributed by atoms with Crippen molar-refractivity contribution >= 4 is 0 Å². The zero-order valence-corrected chi connectivity index (χ0v) is 15.3. The van der Waals surface area contributed by atoms with Crippen molar-refractivity contribution in [1.29, 1.82) is 0 Å². The molecule has 0 heterocycles. The minimum atomic E-state index is 1.12. The van der Waals surface area contributed by atoms with Crippen LogP contribution in [0.3, 0.4) is 0 Å². The summed E-state index contributed by atoms with van der Waals surface area (Å²) < 4.78 is 0. The van der Waals surface area contributed by atoms with Crippen molar-refractivity contribution < 1.29 is 0 Å². The predicted molar refractivity (Wildman–Crippen MR) is 113 cm³/mol. The fourth-order valence-corrected chi connectivity index (χ4v) is 3.70. The van der Waals surface area contributed by atoms with E-state index in [0.717, 1.165) is 6.42 Å². The highest BCUT2D eigenvalue weighted by atomic mass is 14.2. The van der Waals surface area contributed by atoms with Gasteiger partial charge in [-0.3, -0.25) is 0 Å². The molecule has 2 aliphatic rings. The molecule has 0 aliphatic heterocycles. The van der Waals surface area contributed by atoms with Crippen LogP contribution in [0.5, 0.6) is 0 Å². The van der Waals surface area contributed by atoms with Gasteiger partial charge in [-0.05, 0) is 51.8 Å². The molecular weight excluding hydrogens is 312 g/mol. The molecule has 0 fully saturated rings. The number of fused-ring (bicyclic) bond motifs is 1. The van der Waals surface area contributed by atoms with Crippen molar-refractivity contribution in [2.45, 2.75) is 26.2 Å². The average molecular weight is 336 g/mol. The van der Waals surface area contributed by atoms with E-state index in [-0.39, 0.29) is 0 Å². The Hall–Kier alpha value is -2.86.